The lowest BCUT2D eigenvalue weighted by Crippen LogP contribution is -2.45. The number of hydrogen-bond donors (Lipinski definition) is 2. The molecule has 1 saturated carbocycles. The molecule has 10 heteroatoms. The predicted molar refractivity (Wildman–Crippen MR) is 102 cm³/mol. The van der Waals surface area contributed by atoms with E-state index in [9.17, 15) is 14.0 Å². The molecular formula is C18H23F2N5O3. The maximum Gasteiger partial charge on any atom is 0.350 e. The Balaban J connectivity index is 2.01. The van der Waals surface area contributed by atoms with E-state index in [-0.39, 0.29) is 47.9 Å². The van der Waals surface area contributed by atoms with Crippen molar-refractivity contribution in [2.45, 2.75) is 43.9 Å². The third-order valence-electron chi connectivity index (χ3n) is 5.78. The molecule has 0 spiro atoms. The second kappa shape index (κ2) is 6.20. The number of halogens is 2. The molecule has 152 valence electrons. The maximum absolute atomic E-state index is 15.1. The fraction of sp³-hybridized carbons (Fsp3) is 0.556. The number of fused-ring (bicyclic) bond motifs is 1. The highest BCUT2D eigenvalue weighted by Gasteiger charge is 2.43. The molecule has 2 aliphatic rings. The molecule has 4 N–H and O–H groups in total. The first-order chi connectivity index (χ1) is 13.2. The van der Waals surface area contributed by atoms with Gasteiger partial charge in [0.2, 0.25) is 0 Å². The van der Waals surface area contributed by atoms with Crippen LogP contribution in [-0.4, -0.2) is 41.2 Å². The lowest BCUT2D eigenvalue weighted by molar-refractivity contribution is 0.160. The maximum atomic E-state index is 15.1. The van der Waals surface area contributed by atoms with Gasteiger partial charge in [0.1, 0.15) is 16.9 Å². The molecule has 2 fully saturated rings. The highest BCUT2D eigenvalue weighted by atomic mass is 19.1. The molecule has 2 unspecified atom stereocenters. The molecule has 1 aliphatic carbocycles. The zero-order valence-corrected chi connectivity index (χ0v) is 15.7. The number of hydrogen-bond acceptors (Lipinski definition) is 6. The van der Waals surface area contributed by atoms with Gasteiger partial charge in [-0.25, -0.2) is 13.6 Å². The molecule has 0 radical (unpaired) electrons. The van der Waals surface area contributed by atoms with Gasteiger partial charge in [0.15, 0.2) is 11.6 Å². The number of ether oxygens (including phenoxy) is 1. The molecule has 0 amide bonds. The summed E-state index contributed by atoms with van der Waals surface area (Å²) < 4.78 is 37.4. The summed E-state index contributed by atoms with van der Waals surface area (Å²) in [7, 11) is 1.33. The molecule has 1 aromatic carbocycles. The average molecular weight is 395 g/mol. The van der Waals surface area contributed by atoms with Gasteiger partial charge in [0, 0.05) is 25.0 Å². The van der Waals surface area contributed by atoms with E-state index >= 15 is 4.39 Å². The number of alkyl halides is 1. The topological polar surface area (TPSA) is 109 Å². The van der Waals surface area contributed by atoms with Crippen LogP contribution in [0.1, 0.15) is 32.2 Å². The molecule has 4 rings (SSSR count). The van der Waals surface area contributed by atoms with Crippen molar-refractivity contribution in [1.29, 1.82) is 0 Å². The van der Waals surface area contributed by atoms with Crippen LogP contribution in [-0.2, 0) is 0 Å². The first-order valence-electron chi connectivity index (χ1n) is 9.22. The predicted octanol–water partition coefficient (Wildman–Crippen LogP) is 0.625. The molecule has 2 aromatic rings. The van der Waals surface area contributed by atoms with Crippen molar-refractivity contribution in [3.8, 4) is 5.75 Å². The molecule has 28 heavy (non-hydrogen) atoms. The number of methoxy groups -OCH3 is 1. The lowest BCUT2D eigenvalue weighted by atomic mass is 9.98. The first-order valence-corrected chi connectivity index (χ1v) is 9.22. The minimum Gasteiger partial charge on any atom is -0.492 e. The second-order valence-electron chi connectivity index (χ2n) is 7.69. The Morgan fingerprint density at radius 3 is 2.57 bits per heavy atom. The molecule has 1 aliphatic heterocycles. The minimum atomic E-state index is -1.66. The Morgan fingerprint density at radius 1 is 1.36 bits per heavy atom. The number of nitrogens with zero attached hydrogens (tertiary/aromatic N) is 3. The van der Waals surface area contributed by atoms with Crippen molar-refractivity contribution in [2.75, 3.05) is 30.9 Å². The summed E-state index contributed by atoms with van der Waals surface area (Å²) in [5.74, 6) is 4.91. The summed E-state index contributed by atoms with van der Waals surface area (Å²) in [6.07, 6.45) is 1.63. The number of rotatable bonds is 4. The van der Waals surface area contributed by atoms with Gasteiger partial charge in [-0.2, -0.15) is 4.68 Å². The van der Waals surface area contributed by atoms with Crippen molar-refractivity contribution < 1.29 is 13.5 Å². The second-order valence-corrected chi connectivity index (χ2v) is 7.69. The summed E-state index contributed by atoms with van der Waals surface area (Å²) in [5.41, 5.74) is 2.83. The van der Waals surface area contributed by atoms with Gasteiger partial charge < -0.3 is 21.2 Å². The Hall–Kier alpha value is -2.62. The molecule has 1 aromatic heterocycles. The van der Waals surface area contributed by atoms with E-state index in [0.29, 0.717) is 4.68 Å². The van der Waals surface area contributed by atoms with Crippen LogP contribution >= 0.6 is 0 Å². The third kappa shape index (κ3) is 2.58. The number of nitrogens with two attached hydrogens (primary N) is 2. The molecule has 1 saturated heterocycles. The van der Waals surface area contributed by atoms with Crippen LogP contribution in [0.4, 0.5) is 14.5 Å². The van der Waals surface area contributed by atoms with E-state index in [1.54, 1.807) is 6.92 Å². The van der Waals surface area contributed by atoms with Gasteiger partial charge in [0.25, 0.3) is 5.56 Å². The van der Waals surface area contributed by atoms with Crippen LogP contribution in [0, 0.1) is 5.82 Å². The van der Waals surface area contributed by atoms with Crippen LogP contribution in [0.3, 0.4) is 0 Å². The summed E-state index contributed by atoms with van der Waals surface area (Å²) in [6, 6.07) is 0.183. The average Bonchev–Trinajstić information content (AvgIpc) is 3.41. The number of aromatic nitrogens is 2. The van der Waals surface area contributed by atoms with E-state index in [1.165, 1.54) is 16.6 Å². The van der Waals surface area contributed by atoms with E-state index in [0.717, 1.165) is 18.9 Å². The van der Waals surface area contributed by atoms with Gasteiger partial charge >= 0.3 is 5.69 Å². The van der Waals surface area contributed by atoms with E-state index in [4.69, 9.17) is 16.3 Å². The lowest BCUT2D eigenvalue weighted by Gasteiger charge is -2.27. The van der Waals surface area contributed by atoms with E-state index in [2.05, 4.69) is 0 Å². The first kappa shape index (κ1) is 18.7. The Labute approximate surface area is 159 Å². The smallest absolute Gasteiger partial charge is 0.350 e. The van der Waals surface area contributed by atoms with Crippen molar-refractivity contribution in [3.63, 3.8) is 0 Å². The summed E-state index contributed by atoms with van der Waals surface area (Å²) in [5, 5.41) is -0.0509. The van der Waals surface area contributed by atoms with Gasteiger partial charge in [-0.1, -0.05) is 0 Å². The van der Waals surface area contributed by atoms with Gasteiger partial charge in [0.05, 0.1) is 19.0 Å². The Morgan fingerprint density at radius 2 is 2.04 bits per heavy atom. The van der Waals surface area contributed by atoms with Gasteiger partial charge in [-0.15, -0.1) is 0 Å². The summed E-state index contributed by atoms with van der Waals surface area (Å²) >= 11 is 0. The molecular weight excluding hydrogens is 372 g/mol. The standard InChI is InChI=1S/C18H23F2N5O3/c1-9(21)18(20)5-6-23(8-18)14-12(19)7-11-13(15(14)28-2)24(10-3-4-10)17(27)25(22)16(11)26/h7,9-10H,3-6,8,21-22H2,1-2H3. The monoisotopic (exact) mass is 395 g/mol. The van der Waals surface area contributed by atoms with Gasteiger partial charge in [-0.3, -0.25) is 9.36 Å². The van der Waals surface area contributed by atoms with Crippen molar-refractivity contribution in [3.05, 3.63) is 32.7 Å². The number of benzene rings is 1. The fourth-order valence-corrected chi connectivity index (χ4v) is 3.96. The molecule has 0 bridgehead atoms. The fourth-order valence-electron chi connectivity index (χ4n) is 3.96. The highest BCUT2D eigenvalue weighted by Crippen LogP contribution is 2.44. The van der Waals surface area contributed by atoms with Crippen molar-refractivity contribution in [2.24, 2.45) is 5.73 Å². The van der Waals surface area contributed by atoms with E-state index in [1.807, 2.05) is 0 Å². The van der Waals surface area contributed by atoms with Crippen LogP contribution in [0.25, 0.3) is 10.9 Å². The normalized spacial score (nSPS) is 23.4. The van der Waals surface area contributed by atoms with Crippen molar-refractivity contribution in [1.82, 2.24) is 9.24 Å². The molecule has 2 atom stereocenters. The highest BCUT2D eigenvalue weighted by molar-refractivity contribution is 5.91. The van der Waals surface area contributed by atoms with E-state index < -0.39 is 28.8 Å². The van der Waals surface area contributed by atoms with Crippen molar-refractivity contribution >= 4 is 16.6 Å². The van der Waals surface area contributed by atoms with Crippen LogP contribution < -0.4 is 32.5 Å². The zero-order valence-electron chi connectivity index (χ0n) is 15.7. The molecule has 8 nitrogen and oxygen atoms in total. The summed E-state index contributed by atoms with van der Waals surface area (Å²) in [6.45, 7) is 1.70. The van der Waals surface area contributed by atoms with Crippen LogP contribution in [0.2, 0.25) is 0 Å². The molecule has 2 heterocycles. The minimum absolute atomic E-state index is 0.0261. The quantitative estimate of drug-likeness (QED) is 0.735. The SMILES string of the molecule is COc1c(N2CCC(F)(C(C)N)C2)c(F)cc2c(=O)n(N)c(=O)n(C3CC3)c12. The van der Waals surface area contributed by atoms with Gasteiger partial charge in [-0.05, 0) is 25.8 Å². The van der Waals surface area contributed by atoms with Crippen LogP contribution in [0.5, 0.6) is 5.75 Å². The zero-order chi connectivity index (χ0) is 20.4. The summed E-state index contributed by atoms with van der Waals surface area (Å²) in [4.78, 5) is 26.6. The number of anilines is 1. The Bertz CT molecular complexity index is 1080. The van der Waals surface area contributed by atoms with Crippen LogP contribution in [0.15, 0.2) is 15.7 Å². The largest absolute Gasteiger partial charge is 0.492 e. The number of nitrogen functional groups attached to an aromatic ring is 1. The Kier molecular flexibility index (Phi) is 4.14. The third-order valence-corrected chi connectivity index (χ3v) is 5.78.